The molecule has 1 aromatic rings. The Morgan fingerprint density at radius 2 is 1.95 bits per heavy atom. The summed E-state index contributed by atoms with van der Waals surface area (Å²) >= 11 is 0. The van der Waals surface area contributed by atoms with E-state index in [1.54, 1.807) is 7.11 Å². The molecular weight excluding hydrogens is 262 g/mol. The summed E-state index contributed by atoms with van der Waals surface area (Å²) in [6.45, 7) is 2.96. The van der Waals surface area contributed by atoms with Crippen LogP contribution in [0.1, 0.15) is 31.7 Å². The molecule has 1 aliphatic rings. The molecule has 0 amide bonds. The van der Waals surface area contributed by atoms with Crippen LogP contribution in [0.15, 0.2) is 29.8 Å². The second-order valence-corrected chi connectivity index (χ2v) is 6.14. The summed E-state index contributed by atoms with van der Waals surface area (Å²) in [6, 6.07) is 7.85. The van der Waals surface area contributed by atoms with Crippen molar-refractivity contribution in [2.45, 2.75) is 26.2 Å². The third-order valence-corrected chi connectivity index (χ3v) is 4.40. The summed E-state index contributed by atoms with van der Waals surface area (Å²) in [5.74, 6) is 1.17. The van der Waals surface area contributed by atoms with Crippen molar-refractivity contribution < 1.29 is 9.53 Å². The van der Waals surface area contributed by atoms with Gasteiger partial charge in [-0.15, -0.1) is 0 Å². The van der Waals surface area contributed by atoms with Gasteiger partial charge in [-0.25, -0.2) is 0 Å². The summed E-state index contributed by atoms with van der Waals surface area (Å²) in [5.41, 5.74) is 1.83. The summed E-state index contributed by atoms with van der Waals surface area (Å²) in [4.78, 5) is 14.9. The fourth-order valence-corrected chi connectivity index (χ4v) is 3.19. The number of carbonyl (C=O) groups is 1. The number of ketones is 1. The maximum atomic E-state index is 12.8. The maximum Gasteiger partial charge on any atom is 0.166 e. The van der Waals surface area contributed by atoms with Crippen molar-refractivity contribution in [1.82, 2.24) is 4.90 Å². The standard InChI is InChI=1S/C18H25NO2/c1-5-18(13-19(2)3)11-10-15(17(18)20)12-14-6-8-16(21-4)9-7-14/h6-9,12H,5,10-11,13H2,1-4H3/b15-12+. The van der Waals surface area contributed by atoms with E-state index in [9.17, 15) is 4.79 Å². The Hall–Kier alpha value is -1.61. The molecule has 2 rings (SSSR count). The Morgan fingerprint density at radius 3 is 2.48 bits per heavy atom. The van der Waals surface area contributed by atoms with E-state index in [2.05, 4.69) is 11.8 Å². The van der Waals surface area contributed by atoms with Gasteiger partial charge in [0.1, 0.15) is 5.75 Å². The summed E-state index contributed by atoms with van der Waals surface area (Å²) in [6.07, 6.45) is 4.79. The predicted molar refractivity (Wildman–Crippen MR) is 86.5 cm³/mol. The van der Waals surface area contributed by atoms with Gasteiger partial charge >= 0.3 is 0 Å². The van der Waals surface area contributed by atoms with Crippen LogP contribution in [0.2, 0.25) is 0 Å². The van der Waals surface area contributed by atoms with Crippen molar-refractivity contribution in [3.8, 4) is 5.75 Å². The number of rotatable bonds is 5. The molecule has 114 valence electrons. The van der Waals surface area contributed by atoms with Crippen LogP contribution in [0.25, 0.3) is 6.08 Å². The number of ether oxygens (including phenoxy) is 1. The van der Waals surface area contributed by atoms with Crippen molar-refractivity contribution in [3.63, 3.8) is 0 Å². The number of Topliss-reactive ketones (excluding diaryl/α,β-unsaturated/α-hetero) is 1. The summed E-state index contributed by atoms with van der Waals surface area (Å²) < 4.78 is 5.16. The van der Waals surface area contributed by atoms with Crippen LogP contribution in [-0.2, 0) is 4.79 Å². The normalized spacial score (nSPS) is 24.0. The number of nitrogens with zero attached hydrogens (tertiary/aromatic N) is 1. The zero-order chi connectivity index (χ0) is 15.5. The van der Waals surface area contributed by atoms with Gasteiger partial charge in [-0.2, -0.15) is 0 Å². The van der Waals surface area contributed by atoms with E-state index in [1.165, 1.54) is 0 Å². The Morgan fingerprint density at radius 1 is 1.29 bits per heavy atom. The lowest BCUT2D eigenvalue weighted by molar-refractivity contribution is -0.123. The van der Waals surface area contributed by atoms with E-state index < -0.39 is 0 Å². The van der Waals surface area contributed by atoms with Crippen molar-refractivity contribution in [2.75, 3.05) is 27.7 Å². The Balaban J connectivity index is 2.21. The van der Waals surface area contributed by atoms with E-state index in [0.717, 1.165) is 42.7 Å². The van der Waals surface area contributed by atoms with Crippen LogP contribution in [0.5, 0.6) is 5.75 Å². The van der Waals surface area contributed by atoms with E-state index in [-0.39, 0.29) is 5.41 Å². The third kappa shape index (κ3) is 3.35. The molecule has 21 heavy (non-hydrogen) atoms. The van der Waals surface area contributed by atoms with E-state index in [0.29, 0.717) is 5.78 Å². The van der Waals surface area contributed by atoms with Gasteiger partial charge in [0.15, 0.2) is 5.78 Å². The fraction of sp³-hybridized carbons (Fsp3) is 0.500. The third-order valence-electron chi connectivity index (χ3n) is 4.40. The molecule has 1 atom stereocenters. The van der Waals surface area contributed by atoms with Gasteiger partial charge in [-0.3, -0.25) is 4.79 Å². The van der Waals surface area contributed by atoms with Crippen molar-refractivity contribution in [3.05, 3.63) is 35.4 Å². The van der Waals surface area contributed by atoms with Crippen molar-refractivity contribution >= 4 is 11.9 Å². The molecule has 0 radical (unpaired) electrons. The van der Waals surface area contributed by atoms with Gasteiger partial charge in [-0.1, -0.05) is 19.1 Å². The second-order valence-electron chi connectivity index (χ2n) is 6.14. The van der Waals surface area contributed by atoms with Gasteiger partial charge in [-0.05, 0) is 62.7 Å². The van der Waals surface area contributed by atoms with Gasteiger partial charge in [0.05, 0.1) is 7.11 Å². The smallest absolute Gasteiger partial charge is 0.166 e. The number of methoxy groups -OCH3 is 1. The molecular formula is C18H25NO2. The SMILES string of the molecule is CCC1(CN(C)C)CC/C(=C\c2ccc(OC)cc2)C1=O. The van der Waals surface area contributed by atoms with Gasteiger partial charge in [0.25, 0.3) is 0 Å². The molecule has 1 aromatic carbocycles. The first-order chi connectivity index (χ1) is 10.0. The first kappa shape index (κ1) is 15.8. The van der Waals surface area contributed by atoms with E-state index >= 15 is 0 Å². The molecule has 1 aliphatic carbocycles. The average molecular weight is 287 g/mol. The van der Waals surface area contributed by atoms with Crippen LogP contribution in [0.4, 0.5) is 0 Å². The molecule has 0 N–H and O–H groups in total. The molecule has 1 fully saturated rings. The van der Waals surface area contributed by atoms with Crippen LogP contribution in [0, 0.1) is 5.41 Å². The minimum atomic E-state index is -0.193. The number of allylic oxidation sites excluding steroid dienone is 1. The lowest BCUT2D eigenvalue weighted by atomic mass is 9.81. The monoisotopic (exact) mass is 287 g/mol. The van der Waals surface area contributed by atoms with Crippen LogP contribution in [-0.4, -0.2) is 38.4 Å². The number of hydrogen-bond donors (Lipinski definition) is 0. The number of carbonyl (C=O) groups excluding carboxylic acids is 1. The molecule has 0 aliphatic heterocycles. The molecule has 1 unspecified atom stereocenters. The Bertz CT molecular complexity index is 531. The molecule has 0 heterocycles. The predicted octanol–water partition coefficient (Wildman–Crippen LogP) is 3.40. The molecule has 0 saturated heterocycles. The Kier molecular flexibility index (Phi) is 4.84. The quantitative estimate of drug-likeness (QED) is 0.777. The lowest BCUT2D eigenvalue weighted by Crippen LogP contribution is -2.36. The minimum absolute atomic E-state index is 0.193. The highest BCUT2D eigenvalue weighted by atomic mass is 16.5. The zero-order valence-electron chi connectivity index (χ0n) is 13.5. The van der Waals surface area contributed by atoms with Crippen molar-refractivity contribution in [1.29, 1.82) is 0 Å². The van der Waals surface area contributed by atoms with Crippen LogP contribution in [0.3, 0.4) is 0 Å². The second kappa shape index (κ2) is 6.44. The lowest BCUT2D eigenvalue weighted by Gasteiger charge is -2.28. The minimum Gasteiger partial charge on any atom is -0.497 e. The number of benzene rings is 1. The first-order valence-electron chi connectivity index (χ1n) is 7.55. The number of hydrogen-bond acceptors (Lipinski definition) is 3. The molecule has 0 bridgehead atoms. The molecule has 3 heteroatoms. The molecule has 1 saturated carbocycles. The van der Waals surface area contributed by atoms with E-state index in [1.807, 2.05) is 44.4 Å². The summed E-state index contributed by atoms with van der Waals surface area (Å²) in [5, 5.41) is 0. The van der Waals surface area contributed by atoms with Crippen LogP contribution >= 0.6 is 0 Å². The highest BCUT2D eigenvalue weighted by Crippen LogP contribution is 2.42. The highest BCUT2D eigenvalue weighted by molar-refractivity contribution is 6.05. The fourth-order valence-electron chi connectivity index (χ4n) is 3.19. The van der Waals surface area contributed by atoms with Gasteiger partial charge < -0.3 is 9.64 Å². The van der Waals surface area contributed by atoms with E-state index in [4.69, 9.17) is 4.74 Å². The molecule has 3 nitrogen and oxygen atoms in total. The first-order valence-corrected chi connectivity index (χ1v) is 7.55. The molecule has 0 spiro atoms. The van der Waals surface area contributed by atoms with Gasteiger partial charge in [0, 0.05) is 12.0 Å². The molecule has 0 aromatic heterocycles. The average Bonchev–Trinajstić information content (AvgIpc) is 2.77. The maximum absolute atomic E-state index is 12.8. The Labute approximate surface area is 127 Å². The zero-order valence-corrected chi connectivity index (χ0v) is 13.5. The van der Waals surface area contributed by atoms with Gasteiger partial charge in [0.2, 0.25) is 0 Å². The summed E-state index contributed by atoms with van der Waals surface area (Å²) in [7, 11) is 5.73. The highest BCUT2D eigenvalue weighted by Gasteiger charge is 2.43. The van der Waals surface area contributed by atoms with Crippen molar-refractivity contribution in [2.24, 2.45) is 5.41 Å². The largest absolute Gasteiger partial charge is 0.497 e. The topological polar surface area (TPSA) is 29.5 Å². The van der Waals surface area contributed by atoms with Crippen LogP contribution < -0.4 is 4.74 Å².